The number of epoxide rings is 1. The van der Waals surface area contributed by atoms with Gasteiger partial charge in [0.2, 0.25) is 0 Å². The quantitative estimate of drug-likeness (QED) is 0.749. The number of aliphatic hydroxyl groups excluding tert-OH is 1. The highest BCUT2D eigenvalue weighted by molar-refractivity contribution is 5.25. The van der Waals surface area contributed by atoms with Gasteiger partial charge in [-0.2, -0.15) is 0 Å². The molecule has 0 amide bonds. The number of benzene rings is 1. The molecule has 1 aromatic rings. The number of rotatable bonds is 3. The lowest BCUT2D eigenvalue weighted by Gasteiger charge is -2.12. The molecular formula is C10H10F2O2. The zero-order chi connectivity index (χ0) is 10.1. The average molecular weight is 200 g/mol. The minimum Gasteiger partial charge on any atom is -0.396 e. The SMILES string of the molecule is OC[C@@H](c1ccc(F)cc1F)C1CO1. The summed E-state index contributed by atoms with van der Waals surface area (Å²) in [5.41, 5.74) is 0.316. The number of hydrogen-bond acceptors (Lipinski definition) is 2. The first-order chi connectivity index (χ1) is 6.72. The fraction of sp³-hybridized carbons (Fsp3) is 0.400. The van der Waals surface area contributed by atoms with E-state index in [-0.39, 0.29) is 18.6 Å². The van der Waals surface area contributed by atoms with Gasteiger partial charge in [0.05, 0.1) is 19.3 Å². The van der Waals surface area contributed by atoms with Crippen molar-refractivity contribution in [2.45, 2.75) is 12.0 Å². The lowest BCUT2D eigenvalue weighted by molar-refractivity contribution is 0.233. The lowest BCUT2D eigenvalue weighted by atomic mass is 9.96. The molecule has 0 saturated carbocycles. The standard InChI is InChI=1S/C10H10F2O2/c11-6-1-2-7(9(12)3-6)8(4-13)10-5-14-10/h1-3,8,10,13H,4-5H2/t8-,10?/m0/s1. The maximum Gasteiger partial charge on any atom is 0.129 e. The van der Waals surface area contributed by atoms with Gasteiger partial charge in [-0.25, -0.2) is 8.78 Å². The van der Waals surface area contributed by atoms with Crippen LogP contribution in [0.1, 0.15) is 11.5 Å². The van der Waals surface area contributed by atoms with Crippen LogP contribution >= 0.6 is 0 Å². The summed E-state index contributed by atoms with van der Waals surface area (Å²) in [4.78, 5) is 0. The smallest absolute Gasteiger partial charge is 0.129 e. The van der Waals surface area contributed by atoms with Gasteiger partial charge in [0.15, 0.2) is 0 Å². The van der Waals surface area contributed by atoms with Crippen molar-refractivity contribution < 1.29 is 18.6 Å². The molecule has 1 fully saturated rings. The number of hydrogen-bond donors (Lipinski definition) is 1. The second-order valence-corrected chi connectivity index (χ2v) is 3.33. The van der Waals surface area contributed by atoms with Crippen LogP contribution in [0.4, 0.5) is 8.78 Å². The molecule has 1 aromatic carbocycles. The van der Waals surface area contributed by atoms with Crippen LogP contribution in [0.3, 0.4) is 0 Å². The molecule has 14 heavy (non-hydrogen) atoms. The first-order valence-electron chi connectivity index (χ1n) is 4.40. The third-order valence-corrected chi connectivity index (χ3v) is 2.37. The molecular weight excluding hydrogens is 190 g/mol. The van der Waals surface area contributed by atoms with E-state index in [4.69, 9.17) is 9.84 Å². The molecule has 0 aromatic heterocycles. The van der Waals surface area contributed by atoms with E-state index in [1.165, 1.54) is 12.1 Å². The molecule has 0 spiro atoms. The summed E-state index contributed by atoms with van der Waals surface area (Å²) in [5.74, 6) is -1.62. The Morgan fingerprint density at radius 1 is 1.50 bits per heavy atom. The van der Waals surface area contributed by atoms with E-state index < -0.39 is 11.6 Å². The van der Waals surface area contributed by atoms with Crippen molar-refractivity contribution in [3.05, 3.63) is 35.4 Å². The molecule has 1 N–H and O–H groups in total. The second kappa shape index (κ2) is 3.63. The minimum atomic E-state index is -0.625. The van der Waals surface area contributed by atoms with E-state index in [0.717, 1.165) is 6.07 Å². The highest BCUT2D eigenvalue weighted by Crippen LogP contribution is 2.31. The molecule has 2 nitrogen and oxygen atoms in total. The van der Waals surface area contributed by atoms with E-state index >= 15 is 0 Å². The monoisotopic (exact) mass is 200 g/mol. The van der Waals surface area contributed by atoms with E-state index in [9.17, 15) is 8.78 Å². The van der Waals surface area contributed by atoms with Crippen molar-refractivity contribution in [1.29, 1.82) is 0 Å². The molecule has 0 aliphatic carbocycles. The molecule has 2 rings (SSSR count). The van der Waals surface area contributed by atoms with Gasteiger partial charge in [0.1, 0.15) is 11.6 Å². The topological polar surface area (TPSA) is 32.8 Å². The van der Waals surface area contributed by atoms with Crippen LogP contribution in [-0.2, 0) is 4.74 Å². The normalized spacial score (nSPS) is 22.1. The Kier molecular flexibility index (Phi) is 2.48. The zero-order valence-electron chi connectivity index (χ0n) is 7.41. The summed E-state index contributed by atoms with van der Waals surface area (Å²) >= 11 is 0. The molecule has 0 bridgehead atoms. The van der Waals surface area contributed by atoms with Gasteiger partial charge >= 0.3 is 0 Å². The predicted molar refractivity (Wildman–Crippen MR) is 45.9 cm³/mol. The largest absolute Gasteiger partial charge is 0.396 e. The zero-order valence-corrected chi connectivity index (χ0v) is 7.41. The van der Waals surface area contributed by atoms with Crippen molar-refractivity contribution in [3.8, 4) is 0 Å². The highest BCUT2D eigenvalue weighted by Gasteiger charge is 2.34. The summed E-state index contributed by atoms with van der Waals surface area (Å²) in [5, 5.41) is 9.04. The summed E-state index contributed by atoms with van der Waals surface area (Å²) in [7, 11) is 0. The molecule has 76 valence electrons. The van der Waals surface area contributed by atoms with Crippen LogP contribution in [-0.4, -0.2) is 24.4 Å². The van der Waals surface area contributed by atoms with Crippen molar-refractivity contribution in [1.82, 2.24) is 0 Å². The highest BCUT2D eigenvalue weighted by atomic mass is 19.1. The number of aliphatic hydroxyl groups is 1. The Bertz CT molecular complexity index is 337. The lowest BCUT2D eigenvalue weighted by Crippen LogP contribution is -2.12. The molecule has 2 atom stereocenters. The van der Waals surface area contributed by atoms with Gasteiger partial charge in [0, 0.05) is 12.0 Å². The van der Waals surface area contributed by atoms with Crippen LogP contribution in [0, 0.1) is 11.6 Å². The maximum atomic E-state index is 13.3. The second-order valence-electron chi connectivity index (χ2n) is 3.33. The summed E-state index contributed by atoms with van der Waals surface area (Å²) < 4.78 is 30.8. The van der Waals surface area contributed by atoms with Crippen LogP contribution in [0.2, 0.25) is 0 Å². The van der Waals surface area contributed by atoms with Gasteiger partial charge in [-0.3, -0.25) is 0 Å². The summed E-state index contributed by atoms with van der Waals surface area (Å²) in [6.45, 7) is 0.343. The Morgan fingerprint density at radius 3 is 2.71 bits per heavy atom. The molecule has 4 heteroatoms. The van der Waals surface area contributed by atoms with Gasteiger partial charge in [0.25, 0.3) is 0 Å². The molecule has 1 unspecified atom stereocenters. The van der Waals surface area contributed by atoms with Crippen LogP contribution in [0.5, 0.6) is 0 Å². The molecule has 1 aliphatic rings. The van der Waals surface area contributed by atoms with Crippen molar-refractivity contribution in [2.75, 3.05) is 13.2 Å². The Labute approximate surface area is 80.1 Å². The number of ether oxygens (including phenoxy) is 1. The van der Waals surface area contributed by atoms with E-state index in [1.54, 1.807) is 0 Å². The van der Waals surface area contributed by atoms with Gasteiger partial charge < -0.3 is 9.84 Å². The molecule has 1 aliphatic heterocycles. The van der Waals surface area contributed by atoms with Crippen LogP contribution in [0.15, 0.2) is 18.2 Å². The first-order valence-corrected chi connectivity index (χ1v) is 4.40. The van der Waals surface area contributed by atoms with Gasteiger partial charge in [-0.1, -0.05) is 6.07 Å². The molecule has 1 heterocycles. The Morgan fingerprint density at radius 2 is 2.21 bits per heavy atom. The third kappa shape index (κ3) is 1.76. The van der Waals surface area contributed by atoms with Crippen molar-refractivity contribution in [3.63, 3.8) is 0 Å². The van der Waals surface area contributed by atoms with Gasteiger partial charge in [-0.05, 0) is 11.6 Å². The molecule has 1 saturated heterocycles. The van der Waals surface area contributed by atoms with E-state index in [1.807, 2.05) is 0 Å². The molecule has 0 radical (unpaired) electrons. The summed E-state index contributed by atoms with van der Waals surface area (Å²) in [6, 6.07) is 3.36. The fourth-order valence-corrected chi connectivity index (χ4v) is 1.51. The first kappa shape index (κ1) is 9.55. The summed E-state index contributed by atoms with van der Waals surface area (Å²) in [6.07, 6.45) is -0.125. The average Bonchev–Trinajstić information content (AvgIpc) is 2.93. The number of halogens is 2. The van der Waals surface area contributed by atoms with Crippen LogP contribution < -0.4 is 0 Å². The Balaban J connectivity index is 2.29. The van der Waals surface area contributed by atoms with Crippen LogP contribution in [0.25, 0.3) is 0 Å². The fourth-order valence-electron chi connectivity index (χ4n) is 1.51. The van der Waals surface area contributed by atoms with Gasteiger partial charge in [-0.15, -0.1) is 0 Å². The maximum absolute atomic E-state index is 13.3. The van der Waals surface area contributed by atoms with E-state index in [0.29, 0.717) is 12.2 Å². The third-order valence-electron chi connectivity index (χ3n) is 2.37. The Hall–Kier alpha value is -1.00. The van der Waals surface area contributed by atoms with Crippen molar-refractivity contribution >= 4 is 0 Å². The minimum absolute atomic E-state index is 0.125. The van der Waals surface area contributed by atoms with E-state index in [2.05, 4.69) is 0 Å². The predicted octanol–water partition coefficient (Wildman–Crippen LogP) is 1.44. The van der Waals surface area contributed by atoms with Crippen molar-refractivity contribution in [2.24, 2.45) is 0 Å².